The van der Waals surface area contributed by atoms with Gasteiger partial charge >= 0.3 is 0 Å². The van der Waals surface area contributed by atoms with Crippen LogP contribution >= 0.6 is 0 Å². The van der Waals surface area contributed by atoms with Gasteiger partial charge in [0.2, 0.25) is 5.91 Å². The highest BCUT2D eigenvalue weighted by molar-refractivity contribution is 5.85. The lowest BCUT2D eigenvalue weighted by Crippen LogP contribution is -2.56. The Morgan fingerprint density at radius 2 is 2.00 bits per heavy atom. The van der Waals surface area contributed by atoms with Crippen LogP contribution in [0.3, 0.4) is 0 Å². The van der Waals surface area contributed by atoms with Crippen LogP contribution in [-0.2, 0) is 10.2 Å². The normalized spacial score (nSPS) is 46.5. The number of alkyl halides is 1. The average Bonchev–Trinajstić information content (AvgIpc) is 2.95. The number of piperidine rings is 1. The van der Waals surface area contributed by atoms with E-state index in [-0.39, 0.29) is 28.2 Å². The van der Waals surface area contributed by atoms with Crippen molar-refractivity contribution in [1.29, 1.82) is 0 Å². The smallest absolute Gasteiger partial charge is 0.227 e. The van der Waals surface area contributed by atoms with Gasteiger partial charge in [0.25, 0.3) is 0 Å². The number of carbonyl (C=O) groups is 1. The van der Waals surface area contributed by atoms with Crippen molar-refractivity contribution in [1.82, 2.24) is 10.6 Å². The molecule has 2 unspecified atom stereocenters. The fourth-order valence-corrected chi connectivity index (χ4v) is 7.25. The van der Waals surface area contributed by atoms with Crippen LogP contribution in [0.25, 0.3) is 0 Å². The molecule has 26 heavy (non-hydrogen) atoms. The third kappa shape index (κ3) is 2.17. The first-order valence-electron chi connectivity index (χ1n) is 10.2. The van der Waals surface area contributed by atoms with Gasteiger partial charge in [-0.25, -0.2) is 4.39 Å². The lowest BCUT2D eigenvalue weighted by Gasteiger charge is -2.41. The molecular weight excluding hydrogens is 327 g/mol. The van der Waals surface area contributed by atoms with E-state index in [1.807, 2.05) is 0 Å². The summed E-state index contributed by atoms with van der Waals surface area (Å²) < 4.78 is 14.3. The van der Waals surface area contributed by atoms with E-state index >= 15 is 0 Å². The predicted molar refractivity (Wildman–Crippen MR) is 99.5 cm³/mol. The lowest BCUT2D eigenvalue weighted by molar-refractivity contribution is -0.137. The van der Waals surface area contributed by atoms with Crippen LogP contribution in [-0.4, -0.2) is 31.2 Å². The lowest BCUT2D eigenvalue weighted by atomic mass is 9.63. The summed E-state index contributed by atoms with van der Waals surface area (Å²) in [5.41, 5.74) is 1.28. The number of rotatable bonds is 3. The molecule has 0 spiro atoms. The second-order valence-corrected chi connectivity index (χ2v) is 9.71. The Morgan fingerprint density at radius 1 is 1.19 bits per heavy atom. The van der Waals surface area contributed by atoms with Crippen LogP contribution in [0.15, 0.2) is 30.3 Å². The first kappa shape index (κ1) is 16.7. The molecular formula is C22H29FN2O. The van der Waals surface area contributed by atoms with Crippen molar-refractivity contribution >= 4 is 5.91 Å². The van der Waals surface area contributed by atoms with Gasteiger partial charge in [-0.2, -0.15) is 0 Å². The van der Waals surface area contributed by atoms with E-state index in [0.717, 1.165) is 32.2 Å². The Hall–Kier alpha value is -1.42. The van der Waals surface area contributed by atoms with E-state index in [2.05, 4.69) is 47.9 Å². The monoisotopic (exact) mass is 356 g/mol. The van der Waals surface area contributed by atoms with Crippen molar-refractivity contribution in [3.63, 3.8) is 0 Å². The van der Waals surface area contributed by atoms with Gasteiger partial charge in [0.05, 0.1) is 11.5 Å². The van der Waals surface area contributed by atoms with Crippen LogP contribution in [0.5, 0.6) is 0 Å². The second kappa shape index (κ2) is 5.54. The number of carbonyl (C=O) groups excluding carboxylic acids is 1. The van der Waals surface area contributed by atoms with Crippen molar-refractivity contribution < 1.29 is 9.18 Å². The van der Waals surface area contributed by atoms with Gasteiger partial charge < -0.3 is 10.6 Å². The highest BCUT2D eigenvalue weighted by Gasteiger charge is 2.72. The molecule has 1 aromatic carbocycles. The van der Waals surface area contributed by atoms with E-state index in [0.29, 0.717) is 18.9 Å². The standard InChI is InChI=1S/C22H29FN2O/c1-20-9-15-10-21(13-20,16-5-3-2-4-6-16)14-22(20,11-15)19(26)25-18-7-8-24-12-17(18)23/h2-6,15,17-18,24H,7-14H2,1H3,(H,25,26)/t15?,17-,18-,20-,21-,22?/m1/s1. The first-order valence-corrected chi connectivity index (χ1v) is 10.2. The topological polar surface area (TPSA) is 41.1 Å². The number of halogens is 1. The number of hydrogen-bond donors (Lipinski definition) is 2. The average molecular weight is 356 g/mol. The zero-order valence-electron chi connectivity index (χ0n) is 15.6. The Kier molecular flexibility index (Phi) is 3.57. The molecule has 6 rings (SSSR count). The molecule has 1 aromatic rings. The van der Waals surface area contributed by atoms with Crippen LogP contribution in [0.4, 0.5) is 4.39 Å². The molecule has 5 fully saturated rings. The maximum atomic E-state index is 14.3. The molecule has 1 amide bonds. The molecule has 4 bridgehead atoms. The first-order chi connectivity index (χ1) is 12.5. The molecule has 140 valence electrons. The predicted octanol–water partition coefficient (Wildman–Crippen LogP) is 3.34. The minimum atomic E-state index is -0.976. The van der Waals surface area contributed by atoms with Gasteiger partial charge in [-0.05, 0) is 67.4 Å². The summed E-state index contributed by atoms with van der Waals surface area (Å²) in [4.78, 5) is 13.5. The van der Waals surface area contributed by atoms with Gasteiger partial charge in [-0.1, -0.05) is 37.3 Å². The molecule has 4 heteroatoms. The maximum absolute atomic E-state index is 14.3. The molecule has 2 N–H and O–H groups in total. The number of hydrogen-bond acceptors (Lipinski definition) is 2. The summed E-state index contributed by atoms with van der Waals surface area (Å²) in [6.45, 7) is 3.46. The van der Waals surface area contributed by atoms with Gasteiger partial charge in [0.1, 0.15) is 6.17 Å². The van der Waals surface area contributed by atoms with Gasteiger partial charge in [0, 0.05) is 6.54 Å². The number of benzene rings is 1. The van der Waals surface area contributed by atoms with Crippen molar-refractivity contribution in [2.75, 3.05) is 13.1 Å². The molecule has 1 aliphatic heterocycles. The van der Waals surface area contributed by atoms with Crippen molar-refractivity contribution in [3.8, 4) is 0 Å². The summed E-state index contributed by atoms with van der Waals surface area (Å²) >= 11 is 0. The fourth-order valence-electron chi connectivity index (χ4n) is 7.25. The summed E-state index contributed by atoms with van der Waals surface area (Å²) in [5, 5.41) is 6.23. The van der Waals surface area contributed by atoms with Crippen LogP contribution in [0, 0.1) is 16.7 Å². The van der Waals surface area contributed by atoms with E-state index in [4.69, 9.17) is 0 Å². The van der Waals surface area contributed by atoms with Crippen LogP contribution in [0.1, 0.15) is 51.0 Å². The van der Waals surface area contributed by atoms with Crippen LogP contribution in [0.2, 0.25) is 0 Å². The molecule has 4 saturated carbocycles. The Balaban J connectivity index is 1.46. The third-order valence-corrected chi connectivity index (χ3v) is 8.13. The molecule has 1 heterocycles. The number of amides is 1. The summed E-state index contributed by atoms with van der Waals surface area (Å²) in [7, 11) is 0. The Labute approximate surface area is 155 Å². The van der Waals surface area contributed by atoms with Crippen molar-refractivity contribution in [2.24, 2.45) is 16.7 Å². The highest BCUT2D eigenvalue weighted by atomic mass is 19.1. The zero-order chi connectivity index (χ0) is 18.0. The number of nitrogens with one attached hydrogen (secondary N) is 2. The molecule has 0 radical (unpaired) electrons. The van der Waals surface area contributed by atoms with Gasteiger partial charge in [-0.15, -0.1) is 0 Å². The molecule has 6 atom stereocenters. The van der Waals surface area contributed by atoms with E-state index in [1.54, 1.807) is 0 Å². The highest BCUT2D eigenvalue weighted by Crippen LogP contribution is 2.76. The van der Waals surface area contributed by atoms with Crippen molar-refractivity contribution in [2.45, 2.75) is 63.1 Å². The summed E-state index contributed by atoms with van der Waals surface area (Å²) in [5.74, 6) is 0.761. The molecule has 4 aliphatic carbocycles. The molecule has 5 aliphatic rings. The molecule has 1 saturated heterocycles. The third-order valence-electron chi connectivity index (χ3n) is 8.13. The van der Waals surface area contributed by atoms with Crippen LogP contribution < -0.4 is 10.6 Å². The summed E-state index contributed by atoms with van der Waals surface area (Å²) in [6, 6.07) is 10.5. The minimum Gasteiger partial charge on any atom is -0.350 e. The zero-order valence-corrected chi connectivity index (χ0v) is 15.6. The SMILES string of the molecule is C[C@]12CC3CC1(C(=O)N[C@@H]1CCNC[C@H]1F)C[C@@](c1ccccc1)(C3)C2. The van der Waals surface area contributed by atoms with Crippen molar-refractivity contribution in [3.05, 3.63) is 35.9 Å². The van der Waals surface area contributed by atoms with Gasteiger partial charge in [-0.3, -0.25) is 4.79 Å². The van der Waals surface area contributed by atoms with Gasteiger partial charge in [0.15, 0.2) is 0 Å². The maximum Gasteiger partial charge on any atom is 0.227 e. The fraction of sp³-hybridized carbons (Fsp3) is 0.682. The largest absolute Gasteiger partial charge is 0.350 e. The Bertz CT molecular complexity index is 724. The minimum absolute atomic E-state index is 0.0502. The van der Waals surface area contributed by atoms with E-state index in [9.17, 15) is 9.18 Å². The second-order valence-electron chi connectivity index (χ2n) is 9.71. The molecule has 0 aromatic heterocycles. The quantitative estimate of drug-likeness (QED) is 0.872. The summed E-state index contributed by atoms with van der Waals surface area (Å²) in [6.07, 6.45) is 5.10. The van der Waals surface area contributed by atoms with E-state index in [1.165, 1.54) is 12.0 Å². The van der Waals surface area contributed by atoms with E-state index < -0.39 is 6.17 Å². The Morgan fingerprint density at radius 3 is 2.77 bits per heavy atom. The molecule has 3 nitrogen and oxygen atoms in total.